The summed E-state index contributed by atoms with van der Waals surface area (Å²) in [7, 11) is 1.62. The van der Waals surface area contributed by atoms with Crippen molar-refractivity contribution >= 4 is 45.0 Å². The van der Waals surface area contributed by atoms with E-state index in [9.17, 15) is 35.4 Å². The third-order valence-electron chi connectivity index (χ3n) is 25.7. The van der Waals surface area contributed by atoms with Crippen LogP contribution in [0, 0.1) is 41.6 Å². The van der Waals surface area contributed by atoms with Crippen molar-refractivity contribution in [1.82, 2.24) is 9.88 Å². The summed E-state index contributed by atoms with van der Waals surface area (Å²) in [5.41, 5.74) is 7.61. The molecule has 7 N–H and O–H groups in total. The molecule has 1 amide bonds. The lowest BCUT2D eigenvalue weighted by atomic mass is 9.55. The summed E-state index contributed by atoms with van der Waals surface area (Å²) >= 11 is 0. The van der Waals surface area contributed by atoms with Crippen LogP contribution < -0.4 is 9.47 Å². The molecule has 470 valence electrons. The number of aromatic amines is 1. The molecular formula is C75H82N2O13. The maximum atomic E-state index is 15.8. The summed E-state index contributed by atoms with van der Waals surface area (Å²) in [5.74, 6) is 3.01. The van der Waals surface area contributed by atoms with Gasteiger partial charge in [-0.2, -0.15) is 0 Å². The van der Waals surface area contributed by atoms with E-state index < -0.39 is 66.0 Å². The number of ketones is 1. The van der Waals surface area contributed by atoms with Gasteiger partial charge in [0.25, 0.3) is 5.91 Å². The fourth-order valence-electron chi connectivity index (χ4n) is 21.7. The van der Waals surface area contributed by atoms with Gasteiger partial charge < -0.3 is 64.2 Å². The number of hydrogen-bond donors (Lipinski definition) is 7. The van der Waals surface area contributed by atoms with Crippen LogP contribution in [0.5, 0.6) is 17.2 Å². The average molecular weight is 1220 g/mol. The molecule has 90 heavy (non-hydrogen) atoms. The van der Waals surface area contributed by atoms with Crippen molar-refractivity contribution in [2.24, 2.45) is 29.6 Å². The lowest BCUT2D eigenvalue weighted by molar-refractivity contribution is -0.340. The van der Waals surface area contributed by atoms with E-state index in [1.54, 1.807) is 24.1 Å². The fourth-order valence-corrected chi connectivity index (χ4v) is 21.7. The molecule has 15 heteroatoms. The highest BCUT2D eigenvalue weighted by atomic mass is 16.7. The Bertz CT molecular complexity index is 4050. The van der Waals surface area contributed by atoms with Gasteiger partial charge in [0.2, 0.25) is 6.29 Å². The van der Waals surface area contributed by atoms with Crippen LogP contribution in [0.25, 0.3) is 33.3 Å². The highest BCUT2D eigenvalue weighted by molar-refractivity contribution is 6.17. The number of hydrogen-bond acceptors (Lipinski definition) is 13. The number of nitrogens with zero attached hydrogens (tertiary/aromatic N) is 1. The first-order valence-electron chi connectivity index (χ1n) is 34.2. The molecule has 1 saturated heterocycles. The van der Waals surface area contributed by atoms with E-state index in [4.69, 9.17) is 23.7 Å². The number of carbonyl (C=O) groups is 2. The van der Waals surface area contributed by atoms with Crippen LogP contribution in [0.2, 0.25) is 0 Å². The minimum atomic E-state index is -2.55. The highest BCUT2D eigenvalue weighted by Crippen LogP contribution is 2.66. The van der Waals surface area contributed by atoms with Crippen LogP contribution in [0.3, 0.4) is 0 Å². The zero-order valence-corrected chi connectivity index (χ0v) is 51.4. The Morgan fingerprint density at radius 3 is 2.59 bits per heavy atom. The molecule has 5 aliphatic heterocycles. The standard InChI is InChI=1S/C75H82N2O13/c1-86-66-48-16-15-41-30-40-10-6-13-46(40)58-56(41)59(48)61-63(80)60(58)54(79)35-77-34-52-39(9-5-14-47(52)70(77)82)11-8-26-87-69-64(81)68-65-43(19-24-72(83)21-3-2-4-22-72)27-38-28-45-32-44-12-7-23-74(44,84)36-73(45)25-20-42-31-53-57(50(29-38)62(42)73)51(33-76-53)55(88-65)18-17-49(66)67(61)89-71(90-68)75(69,85)37-78/h5,9,14,17-18,30-31,33,38,40,43-46,55,64-65,68-69,71,76,78,80-81,83-85H,2-4,6-7,10-13,15-16,19-25,27-29,32,34-37H2,1H3/b18-17+/t38-,40-,43-,44-,45+,46+,55+,64+,65+,68-,69-,71-,73-,74-,75+/m0/s1. The van der Waals surface area contributed by atoms with Crippen molar-refractivity contribution in [3.8, 4) is 29.3 Å². The number of ether oxygens (including phenoxy) is 5. The molecule has 0 unspecified atom stereocenters. The molecule has 5 fully saturated rings. The second kappa shape index (κ2) is 20.4. The number of phenols is 1. The normalized spacial score (nSPS) is 36.6. The van der Waals surface area contributed by atoms with Gasteiger partial charge in [0.1, 0.15) is 41.7 Å². The molecular weight excluding hydrogens is 1140 g/mol. The molecule has 1 spiro atoms. The van der Waals surface area contributed by atoms with E-state index in [-0.39, 0.29) is 82.9 Å². The van der Waals surface area contributed by atoms with Gasteiger partial charge in [-0.05, 0) is 207 Å². The van der Waals surface area contributed by atoms with Gasteiger partial charge >= 0.3 is 0 Å². The highest BCUT2D eigenvalue weighted by Gasteiger charge is 2.63. The molecule has 4 saturated carbocycles. The minimum Gasteiger partial charge on any atom is -0.506 e. The number of H-pyrrole nitrogens is 1. The summed E-state index contributed by atoms with van der Waals surface area (Å²) in [6.45, 7) is -1.17. The number of nitrogens with one attached hydrogen (secondary N) is 1. The largest absolute Gasteiger partial charge is 0.506 e. The van der Waals surface area contributed by atoms with Gasteiger partial charge in [-0.3, -0.25) is 9.59 Å². The van der Waals surface area contributed by atoms with Crippen molar-refractivity contribution in [1.29, 1.82) is 0 Å². The van der Waals surface area contributed by atoms with Gasteiger partial charge in [-0.15, -0.1) is 0 Å². The summed E-state index contributed by atoms with van der Waals surface area (Å²) in [5, 5.41) is 80.1. The van der Waals surface area contributed by atoms with E-state index in [0.717, 1.165) is 146 Å². The second-order valence-electron chi connectivity index (χ2n) is 30.1. The number of Topliss-reactive ketones (excluding diaryl/α,β-unsaturated/α-hetero) is 1. The molecule has 4 aromatic carbocycles. The molecule has 8 aliphatic carbocycles. The van der Waals surface area contributed by atoms with Crippen molar-refractivity contribution in [2.45, 2.75) is 219 Å². The van der Waals surface area contributed by atoms with Gasteiger partial charge in [0.15, 0.2) is 17.5 Å². The second-order valence-corrected chi connectivity index (χ2v) is 30.1. The monoisotopic (exact) mass is 1220 g/mol. The number of aryl methyl sites for hydroxylation is 2. The Morgan fingerprint density at radius 1 is 0.856 bits per heavy atom. The van der Waals surface area contributed by atoms with Crippen molar-refractivity contribution in [3.05, 3.63) is 109 Å². The Labute approximate surface area is 524 Å². The SMILES string of the molecule is COc1c2c3c4c(O)c(c5c6c4c1CCC6=C[C@@H]1CCC[C@@H]51)C(=O)CN1Cc4c(cccc4C1=O)CC#CO[C@H]1[C@H](O)[C@H](O[C@H](O3)[C@@]1(O)CO)[C@@H]1O[C@H](/C=C/2)c2c[nH]c3cc4c5c(c23)C[C@@H](C[C@@H]1CCC1(O)CCCCC1)C[C@@H]1C[C@@H]2CCC[C@]2(O)C[C@]51CC4. The summed E-state index contributed by atoms with van der Waals surface area (Å²) in [6.07, 6.45) is 21.1. The fraction of sp³-hybridized carbons (Fsp3) is 0.573. The Kier molecular flexibility index (Phi) is 12.8. The van der Waals surface area contributed by atoms with Gasteiger partial charge in [0, 0.05) is 57.6 Å². The Hall–Kier alpha value is -6.22. The van der Waals surface area contributed by atoms with E-state index in [1.165, 1.54) is 16.7 Å². The summed E-state index contributed by atoms with van der Waals surface area (Å²) in [4.78, 5) is 35.6. The predicted octanol–water partition coefficient (Wildman–Crippen LogP) is 10.5. The number of aromatic hydroxyl groups is 1. The van der Waals surface area contributed by atoms with Gasteiger partial charge in [-0.25, -0.2) is 0 Å². The van der Waals surface area contributed by atoms with Gasteiger partial charge in [-0.1, -0.05) is 62.3 Å². The number of amides is 1. The average Bonchev–Trinajstić information content (AvgIpc) is 1.27. The first-order valence-corrected chi connectivity index (χ1v) is 34.2. The van der Waals surface area contributed by atoms with Crippen LogP contribution in [0.4, 0.5) is 0 Å². The molecule has 18 rings (SSSR count). The number of phenolic OH excluding ortho intramolecular Hbond substituents is 1. The number of methoxy groups -OCH3 is 1. The Morgan fingerprint density at radius 2 is 1.73 bits per heavy atom. The molecule has 12 bridgehead atoms. The number of benzene rings is 4. The van der Waals surface area contributed by atoms with Crippen LogP contribution in [0.15, 0.2) is 42.6 Å². The minimum absolute atomic E-state index is 0.0242. The number of allylic oxidation sites excluding steroid dienone is 2. The maximum Gasteiger partial charge on any atom is 0.254 e. The topological polar surface area (TPSA) is 221 Å². The number of aliphatic hydroxyl groups is 5. The number of aromatic nitrogens is 1. The predicted molar refractivity (Wildman–Crippen MR) is 335 cm³/mol. The zero-order chi connectivity index (χ0) is 60.9. The van der Waals surface area contributed by atoms with Crippen LogP contribution in [0.1, 0.15) is 210 Å². The number of carbonyl (C=O) groups excluding carboxylic acids is 2. The molecule has 1 aromatic heterocycles. The van der Waals surface area contributed by atoms with Crippen LogP contribution >= 0.6 is 0 Å². The van der Waals surface area contributed by atoms with E-state index in [2.05, 4.69) is 35.4 Å². The van der Waals surface area contributed by atoms with Gasteiger partial charge in [0.05, 0.1) is 54.1 Å². The third-order valence-corrected chi connectivity index (χ3v) is 25.7. The van der Waals surface area contributed by atoms with Crippen molar-refractivity contribution in [3.63, 3.8) is 0 Å². The maximum absolute atomic E-state index is 15.8. The molecule has 13 aliphatic rings. The van der Waals surface area contributed by atoms with Crippen molar-refractivity contribution < 1.29 is 63.9 Å². The molecule has 5 aromatic rings. The first-order chi connectivity index (χ1) is 43.7. The van der Waals surface area contributed by atoms with E-state index in [0.29, 0.717) is 73.1 Å². The van der Waals surface area contributed by atoms with Crippen LogP contribution in [-0.2, 0) is 51.9 Å². The van der Waals surface area contributed by atoms with Crippen molar-refractivity contribution in [2.75, 3.05) is 20.3 Å². The lowest BCUT2D eigenvalue weighted by Crippen LogP contribution is -2.71. The summed E-state index contributed by atoms with van der Waals surface area (Å²) < 4.78 is 36.0. The molecule has 6 heterocycles. The summed E-state index contributed by atoms with van der Waals surface area (Å²) in [6, 6.07) is 7.82. The first kappa shape index (κ1) is 56.5. The molecule has 15 nitrogen and oxygen atoms in total. The number of rotatable bonds is 5. The van der Waals surface area contributed by atoms with E-state index in [1.807, 2.05) is 18.2 Å². The quantitative estimate of drug-likeness (QED) is 0.0816. The van der Waals surface area contributed by atoms with Crippen LogP contribution in [-0.4, -0.2) is 120 Å². The number of aliphatic hydroxyl groups excluding tert-OH is 2. The molecule has 0 radical (unpaired) electrons. The zero-order valence-electron chi connectivity index (χ0n) is 51.4. The van der Waals surface area contributed by atoms with E-state index >= 15 is 4.79 Å². The number of fused-ring (bicyclic) bond motifs is 13. The Balaban J connectivity index is 0.910. The smallest absolute Gasteiger partial charge is 0.254 e. The molecule has 15 atom stereocenters. The lowest BCUT2D eigenvalue weighted by Gasteiger charge is -2.52. The third kappa shape index (κ3) is 8.03.